The first-order valence-corrected chi connectivity index (χ1v) is 12.2. The van der Waals surface area contributed by atoms with Gasteiger partial charge >= 0.3 is 5.97 Å². The lowest BCUT2D eigenvalue weighted by Gasteiger charge is -2.18. The van der Waals surface area contributed by atoms with Crippen LogP contribution in [0.2, 0.25) is 0 Å². The summed E-state index contributed by atoms with van der Waals surface area (Å²) in [5.74, 6) is -0.246. The van der Waals surface area contributed by atoms with Crippen LogP contribution in [0.3, 0.4) is 0 Å². The molecule has 4 nitrogen and oxygen atoms in total. The molecule has 1 aliphatic rings. The minimum atomic E-state index is -0.246. The topological polar surface area (TPSA) is 50.4 Å². The van der Waals surface area contributed by atoms with Gasteiger partial charge in [0.1, 0.15) is 5.00 Å². The predicted molar refractivity (Wildman–Crippen MR) is 130 cm³/mol. The van der Waals surface area contributed by atoms with Crippen molar-refractivity contribution in [1.29, 1.82) is 0 Å². The van der Waals surface area contributed by atoms with Gasteiger partial charge in [-0.1, -0.05) is 44.0 Å². The fraction of sp³-hybridized carbons (Fsp3) is 0.500. The van der Waals surface area contributed by atoms with Crippen molar-refractivity contribution >= 4 is 39.6 Å². The highest BCUT2D eigenvalue weighted by molar-refractivity contribution is 7.80. The van der Waals surface area contributed by atoms with Crippen molar-refractivity contribution in [3.63, 3.8) is 0 Å². The average molecular weight is 445 g/mol. The normalized spacial score (nSPS) is 14.8. The maximum atomic E-state index is 12.8. The van der Waals surface area contributed by atoms with Crippen LogP contribution in [0.5, 0.6) is 0 Å². The molecule has 1 atom stereocenters. The number of thiocarbonyl (C=S) groups is 1. The summed E-state index contributed by atoms with van der Waals surface area (Å²) in [5.41, 5.74) is 4.34. The van der Waals surface area contributed by atoms with Crippen molar-refractivity contribution in [2.45, 2.75) is 71.8 Å². The first-order chi connectivity index (χ1) is 14.5. The van der Waals surface area contributed by atoms with Gasteiger partial charge in [-0.3, -0.25) is 0 Å². The maximum absolute atomic E-state index is 12.8. The minimum Gasteiger partial charge on any atom is -0.462 e. The second-order valence-electron chi connectivity index (χ2n) is 7.76. The Labute approximate surface area is 189 Å². The Morgan fingerprint density at radius 1 is 1.13 bits per heavy atom. The SMILES string of the molecule is CCOC(=O)c1c(NC(=S)NC(C)c2ccc(CC)cc2)sc2c1CCCCCC2. The van der Waals surface area contributed by atoms with E-state index in [-0.39, 0.29) is 12.0 Å². The largest absolute Gasteiger partial charge is 0.462 e. The molecule has 0 bridgehead atoms. The van der Waals surface area contributed by atoms with Gasteiger partial charge in [0.05, 0.1) is 18.2 Å². The summed E-state index contributed by atoms with van der Waals surface area (Å²) in [7, 11) is 0. The van der Waals surface area contributed by atoms with Crippen molar-refractivity contribution in [2.75, 3.05) is 11.9 Å². The van der Waals surface area contributed by atoms with Gasteiger partial charge in [0, 0.05) is 4.88 Å². The molecule has 1 aromatic carbocycles. The van der Waals surface area contributed by atoms with Gasteiger partial charge in [-0.2, -0.15) is 0 Å². The summed E-state index contributed by atoms with van der Waals surface area (Å²) in [4.78, 5) is 14.1. The lowest BCUT2D eigenvalue weighted by Crippen LogP contribution is -2.31. The zero-order valence-electron chi connectivity index (χ0n) is 18.2. The third-order valence-corrected chi connectivity index (χ3v) is 7.04. The Hall–Kier alpha value is -1.92. The van der Waals surface area contributed by atoms with E-state index in [2.05, 4.69) is 48.7 Å². The molecule has 2 aromatic rings. The standard InChI is InChI=1S/C24H32N2O2S2/c1-4-17-12-14-18(15-13-17)16(3)25-24(29)26-22-21(23(27)28-5-2)19-10-8-6-7-9-11-20(19)30-22/h12-16H,4-11H2,1-3H3,(H2,25,26,29). The van der Waals surface area contributed by atoms with Gasteiger partial charge in [-0.25, -0.2) is 4.79 Å². The third kappa shape index (κ3) is 5.61. The number of carbonyl (C=O) groups excluding carboxylic acids is 1. The van der Waals surface area contributed by atoms with Crippen molar-refractivity contribution in [3.8, 4) is 0 Å². The van der Waals surface area contributed by atoms with E-state index < -0.39 is 0 Å². The molecule has 0 spiro atoms. The molecule has 162 valence electrons. The molecule has 6 heteroatoms. The maximum Gasteiger partial charge on any atom is 0.341 e. The third-order valence-electron chi connectivity index (χ3n) is 5.61. The fourth-order valence-electron chi connectivity index (χ4n) is 3.89. The number of nitrogens with one attached hydrogen (secondary N) is 2. The summed E-state index contributed by atoms with van der Waals surface area (Å²) in [6.45, 7) is 6.46. The molecule has 1 unspecified atom stereocenters. The van der Waals surface area contributed by atoms with Crippen molar-refractivity contribution in [2.24, 2.45) is 0 Å². The Kier molecular flexibility index (Phi) is 8.28. The van der Waals surface area contributed by atoms with E-state index in [0.717, 1.165) is 36.2 Å². The summed E-state index contributed by atoms with van der Waals surface area (Å²) < 4.78 is 5.38. The quantitative estimate of drug-likeness (QED) is 0.411. The van der Waals surface area contributed by atoms with Crippen LogP contribution in [0.25, 0.3) is 0 Å². The molecule has 30 heavy (non-hydrogen) atoms. The summed E-state index contributed by atoms with van der Waals surface area (Å²) in [6.07, 6.45) is 7.74. The smallest absolute Gasteiger partial charge is 0.341 e. The molecule has 2 N–H and O–H groups in total. The van der Waals surface area contributed by atoms with Gasteiger partial charge in [0.2, 0.25) is 0 Å². The summed E-state index contributed by atoms with van der Waals surface area (Å²) in [6, 6.07) is 8.66. The summed E-state index contributed by atoms with van der Waals surface area (Å²) in [5, 5.41) is 8.01. The van der Waals surface area contributed by atoms with Gasteiger partial charge in [0.25, 0.3) is 0 Å². The van der Waals surface area contributed by atoms with Crippen LogP contribution in [0.1, 0.15) is 84.4 Å². The number of thiophene rings is 1. The fourth-order valence-corrected chi connectivity index (χ4v) is 5.51. The van der Waals surface area contributed by atoms with Crippen LogP contribution in [0, 0.1) is 0 Å². The predicted octanol–water partition coefficient (Wildman–Crippen LogP) is 6.19. The molecular weight excluding hydrogens is 412 g/mol. The van der Waals surface area contributed by atoms with Crippen LogP contribution >= 0.6 is 23.6 Å². The van der Waals surface area contributed by atoms with E-state index in [0.29, 0.717) is 17.3 Å². The van der Waals surface area contributed by atoms with E-state index in [1.165, 1.54) is 35.3 Å². The van der Waals surface area contributed by atoms with Crippen LogP contribution in [-0.4, -0.2) is 17.7 Å². The molecule has 0 fully saturated rings. The first-order valence-electron chi connectivity index (χ1n) is 11.0. The Morgan fingerprint density at radius 3 is 2.50 bits per heavy atom. The van der Waals surface area contributed by atoms with Gasteiger partial charge < -0.3 is 15.4 Å². The Morgan fingerprint density at radius 2 is 1.83 bits per heavy atom. The number of esters is 1. The van der Waals surface area contributed by atoms with Gasteiger partial charge in [-0.15, -0.1) is 11.3 Å². The number of rotatable bonds is 6. The zero-order chi connectivity index (χ0) is 21.5. The van der Waals surface area contributed by atoms with Crippen LogP contribution in [0.15, 0.2) is 24.3 Å². The van der Waals surface area contributed by atoms with Gasteiger partial charge in [0.15, 0.2) is 5.11 Å². The molecule has 1 aliphatic carbocycles. The van der Waals surface area contributed by atoms with Crippen LogP contribution in [-0.2, 0) is 24.0 Å². The number of carbonyl (C=O) groups is 1. The molecular formula is C24H32N2O2S2. The molecule has 1 heterocycles. The minimum absolute atomic E-state index is 0.0722. The zero-order valence-corrected chi connectivity index (χ0v) is 19.8. The van der Waals surface area contributed by atoms with Crippen LogP contribution < -0.4 is 10.6 Å². The number of fused-ring (bicyclic) bond motifs is 1. The highest BCUT2D eigenvalue weighted by atomic mass is 32.1. The number of anilines is 1. The average Bonchev–Trinajstić information content (AvgIpc) is 3.04. The van der Waals surface area contributed by atoms with E-state index in [1.807, 2.05) is 6.92 Å². The van der Waals surface area contributed by atoms with Crippen LogP contribution in [0.4, 0.5) is 5.00 Å². The molecule has 0 amide bonds. The molecule has 1 aromatic heterocycles. The van der Waals surface area contributed by atoms with Gasteiger partial charge in [-0.05, 0) is 74.9 Å². The first kappa shape index (κ1) is 22.8. The van der Waals surface area contributed by atoms with Crippen molar-refractivity contribution < 1.29 is 9.53 Å². The van der Waals surface area contributed by atoms with Crippen molar-refractivity contribution in [3.05, 3.63) is 51.4 Å². The van der Waals surface area contributed by atoms with E-state index in [4.69, 9.17) is 17.0 Å². The Bertz CT molecular complexity index is 874. The van der Waals surface area contributed by atoms with Crippen molar-refractivity contribution in [1.82, 2.24) is 5.32 Å². The highest BCUT2D eigenvalue weighted by Crippen LogP contribution is 2.37. The molecule has 0 saturated carbocycles. The second kappa shape index (κ2) is 10.9. The molecule has 0 radical (unpaired) electrons. The highest BCUT2D eigenvalue weighted by Gasteiger charge is 2.26. The number of aryl methyl sites for hydroxylation is 2. The Balaban J connectivity index is 1.77. The number of benzene rings is 1. The lowest BCUT2D eigenvalue weighted by molar-refractivity contribution is 0.0526. The van der Waals surface area contributed by atoms with E-state index in [1.54, 1.807) is 11.3 Å². The van der Waals surface area contributed by atoms with E-state index in [9.17, 15) is 4.79 Å². The monoisotopic (exact) mass is 444 g/mol. The van der Waals surface area contributed by atoms with E-state index >= 15 is 0 Å². The number of hydrogen-bond acceptors (Lipinski definition) is 4. The molecule has 0 saturated heterocycles. The summed E-state index contributed by atoms with van der Waals surface area (Å²) >= 11 is 7.25. The molecule has 0 aliphatic heterocycles. The molecule has 3 rings (SSSR count). The lowest BCUT2D eigenvalue weighted by atomic mass is 9.96. The second-order valence-corrected chi connectivity index (χ2v) is 9.27. The number of hydrogen-bond donors (Lipinski definition) is 2. The number of ether oxygens (including phenoxy) is 1.